The molecule has 32 heavy (non-hydrogen) atoms. The molecular weight excluding hydrogens is 400 g/mol. The van der Waals surface area contributed by atoms with Gasteiger partial charge in [0.15, 0.2) is 0 Å². The van der Waals surface area contributed by atoms with E-state index in [0.29, 0.717) is 5.56 Å². The zero-order valence-corrected chi connectivity index (χ0v) is 19.1. The Morgan fingerprint density at radius 2 is 1.81 bits per heavy atom. The molecule has 0 radical (unpaired) electrons. The molecule has 3 N–H and O–H groups in total. The van der Waals surface area contributed by atoms with Crippen molar-refractivity contribution in [2.45, 2.75) is 19.5 Å². The minimum Gasteiger partial charge on any atom is -0.369 e. The Morgan fingerprint density at radius 1 is 1.06 bits per heavy atom. The van der Waals surface area contributed by atoms with Crippen molar-refractivity contribution in [2.24, 2.45) is 0 Å². The molecule has 2 heterocycles. The Labute approximate surface area is 189 Å². The standard InChI is InChI=1S/C25H32N6O/c1-4-24(26-2)27-25(32)20-7-5-6-19(16-20)23-17-22(28-29-23)18-8-10-21(11-9-18)31-14-12-30(3)13-15-31/h5-11,16-17,24,26H,4,12-15H2,1-3H3,(H,27,32)(H,28,29). The minimum absolute atomic E-state index is 0.0445. The maximum Gasteiger partial charge on any atom is 0.252 e. The molecule has 1 saturated heterocycles. The number of anilines is 1. The van der Waals surface area contributed by atoms with Gasteiger partial charge in [0, 0.05) is 43.0 Å². The van der Waals surface area contributed by atoms with Crippen LogP contribution >= 0.6 is 0 Å². The third-order valence-electron chi connectivity index (χ3n) is 6.11. The number of rotatable bonds is 7. The summed E-state index contributed by atoms with van der Waals surface area (Å²) in [4.78, 5) is 17.4. The van der Waals surface area contributed by atoms with Gasteiger partial charge in [-0.15, -0.1) is 0 Å². The maximum atomic E-state index is 12.6. The van der Waals surface area contributed by atoms with E-state index < -0.39 is 0 Å². The van der Waals surface area contributed by atoms with Crippen LogP contribution in [0.1, 0.15) is 23.7 Å². The first-order valence-corrected chi connectivity index (χ1v) is 11.2. The molecule has 0 bridgehead atoms. The molecule has 1 atom stereocenters. The molecule has 7 nitrogen and oxygen atoms in total. The number of benzene rings is 2. The number of carbonyl (C=O) groups is 1. The number of hydrogen-bond donors (Lipinski definition) is 3. The van der Waals surface area contributed by atoms with Crippen LogP contribution < -0.4 is 15.5 Å². The van der Waals surface area contributed by atoms with Gasteiger partial charge in [-0.1, -0.05) is 31.2 Å². The first kappa shape index (κ1) is 22.0. The largest absolute Gasteiger partial charge is 0.369 e. The molecule has 1 unspecified atom stereocenters. The van der Waals surface area contributed by atoms with Crippen LogP contribution in [0.4, 0.5) is 5.69 Å². The zero-order chi connectivity index (χ0) is 22.5. The lowest BCUT2D eigenvalue weighted by Gasteiger charge is -2.34. The summed E-state index contributed by atoms with van der Waals surface area (Å²) in [5.74, 6) is -0.0942. The highest BCUT2D eigenvalue weighted by Crippen LogP contribution is 2.26. The number of carbonyl (C=O) groups excluding carboxylic acids is 1. The van der Waals surface area contributed by atoms with Crippen LogP contribution in [0.5, 0.6) is 0 Å². The number of hydrogen-bond acceptors (Lipinski definition) is 5. The van der Waals surface area contributed by atoms with E-state index in [4.69, 9.17) is 0 Å². The molecule has 1 aliphatic heterocycles. The first-order chi connectivity index (χ1) is 15.6. The third kappa shape index (κ3) is 5.00. The lowest BCUT2D eigenvalue weighted by atomic mass is 10.1. The quantitative estimate of drug-likeness (QED) is 0.500. The molecule has 1 amide bonds. The number of H-pyrrole nitrogens is 1. The summed E-state index contributed by atoms with van der Waals surface area (Å²) in [6.07, 6.45) is 0.773. The molecule has 2 aromatic carbocycles. The van der Waals surface area contributed by atoms with Crippen molar-refractivity contribution in [3.8, 4) is 22.5 Å². The van der Waals surface area contributed by atoms with E-state index in [2.05, 4.69) is 61.9 Å². The van der Waals surface area contributed by atoms with Crippen molar-refractivity contribution in [3.63, 3.8) is 0 Å². The number of nitrogens with zero attached hydrogens (tertiary/aromatic N) is 3. The number of piperazine rings is 1. The highest BCUT2D eigenvalue weighted by Gasteiger charge is 2.15. The van der Waals surface area contributed by atoms with Gasteiger partial charge in [-0.25, -0.2) is 0 Å². The monoisotopic (exact) mass is 432 g/mol. The summed E-state index contributed by atoms with van der Waals surface area (Å²) in [5.41, 5.74) is 5.66. The van der Waals surface area contributed by atoms with Gasteiger partial charge in [0.2, 0.25) is 0 Å². The molecule has 4 rings (SSSR count). The number of aromatic nitrogens is 2. The van der Waals surface area contributed by atoms with Gasteiger partial charge in [0.25, 0.3) is 5.91 Å². The van der Waals surface area contributed by atoms with E-state index >= 15 is 0 Å². The van der Waals surface area contributed by atoms with E-state index in [9.17, 15) is 4.79 Å². The molecular formula is C25H32N6O. The molecule has 1 fully saturated rings. The number of likely N-dealkylation sites (N-methyl/N-ethyl adjacent to an activating group) is 1. The summed E-state index contributed by atoms with van der Waals surface area (Å²) in [6.45, 7) is 6.33. The normalized spacial score (nSPS) is 15.5. The van der Waals surface area contributed by atoms with Gasteiger partial charge in [-0.2, -0.15) is 5.10 Å². The second-order valence-electron chi connectivity index (χ2n) is 8.31. The molecule has 0 aliphatic carbocycles. The van der Waals surface area contributed by atoms with E-state index in [0.717, 1.165) is 55.1 Å². The van der Waals surface area contributed by atoms with Crippen LogP contribution in [-0.2, 0) is 0 Å². The topological polar surface area (TPSA) is 76.3 Å². The molecule has 3 aromatic rings. The summed E-state index contributed by atoms with van der Waals surface area (Å²) in [5, 5.41) is 13.7. The maximum absolute atomic E-state index is 12.6. The Hall–Kier alpha value is -3.16. The van der Waals surface area contributed by atoms with Crippen LogP contribution in [0.3, 0.4) is 0 Å². The summed E-state index contributed by atoms with van der Waals surface area (Å²) in [6, 6.07) is 18.2. The van der Waals surface area contributed by atoms with Gasteiger partial charge in [-0.3, -0.25) is 9.89 Å². The highest BCUT2D eigenvalue weighted by atomic mass is 16.1. The Morgan fingerprint density at radius 3 is 2.50 bits per heavy atom. The summed E-state index contributed by atoms with van der Waals surface area (Å²) < 4.78 is 0. The zero-order valence-electron chi connectivity index (χ0n) is 19.1. The molecule has 168 valence electrons. The van der Waals surface area contributed by atoms with E-state index in [-0.39, 0.29) is 12.1 Å². The van der Waals surface area contributed by atoms with Crippen molar-refractivity contribution in [1.29, 1.82) is 0 Å². The molecule has 0 spiro atoms. The predicted octanol–water partition coefficient (Wildman–Crippen LogP) is 3.18. The van der Waals surface area contributed by atoms with E-state index in [1.807, 2.05) is 44.3 Å². The van der Waals surface area contributed by atoms with E-state index in [1.54, 1.807) is 0 Å². The second kappa shape index (κ2) is 9.97. The fourth-order valence-corrected chi connectivity index (χ4v) is 3.97. The number of nitrogens with one attached hydrogen (secondary N) is 3. The smallest absolute Gasteiger partial charge is 0.252 e. The van der Waals surface area contributed by atoms with Crippen molar-refractivity contribution < 1.29 is 4.79 Å². The fourth-order valence-electron chi connectivity index (χ4n) is 3.97. The van der Waals surface area contributed by atoms with Crippen LogP contribution in [-0.4, -0.2) is 67.4 Å². The first-order valence-electron chi connectivity index (χ1n) is 11.2. The van der Waals surface area contributed by atoms with Crippen molar-refractivity contribution >= 4 is 11.6 Å². The lowest BCUT2D eigenvalue weighted by Crippen LogP contribution is -2.44. The molecule has 1 aliphatic rings. The summed E-state index contributed by atoms with van der Waals surface area (Å²) in [7, 11) is 4.01. The number of amides is 1. The van der Waals surface area contributed by atoms with Crippen molar-refractivity contribution in [2.75, 3.05) is 45.2 Å². The second-order valence-corrected chi connectivity index (χ2v) is 8.31. The Kier molecular flexibility index (Phi) is 6.87. The van der Waals surface area contributed by atoms with Gasteiger partial charge >= 0.3 is 0 Å². The fraction of sp³-hybridized carbons (Fsp3) is 0.360. The van der Waals surface area contributed by atoms with Crippen LogP contribution in [0.25, 0.3) is 22.5 Å². The van der Waals surface area contributed by atoms with Gasteiger partial charge in [0.05, 0.1) is 17.6 Å². The highest BCUT2D eigenvalue weighted by molar-refractivity contribution is 5.95. The minimum atomic E-state index is -0.0942. The number of aromatic amines is 1. The van der Waals surface area contributed by atoms with Crippen molar-refractivity contribution in [3.05, 3.63) is 60.2 Å². The van der Waals surface area contributed by atoms with Crippen LogP contribution in [0.2, 0.25) is 0 Å². The summed E-state index contributed by atoms with van der Waals surface area (Å²) >= 11 is 0. The van der Waals surface area contributed by atoms with Crippen molar-refractivity contribution in [1.82, 2.24) is 25.7 Å². The molecule has 0 saturated carbocycles. The van der Waals surface area contributed by atoms with E-state index in [1.165, 1.54) is 5.69 Å². The average Bonchev–Trinajstić information content (AvgIpc) is 3.33. The van der Waals surface area contributed by atoms with Crippen LogP contribution in [0.15, 0.2) is 54.6 Å². The Balaban J connectivity index is 1.47. The van der Waals surface area contributed by atoms with Gasteiger partial charge in [-0.05, 0) is 56.4 Å². The Bertz CT molecular complexity index is 1030. The predicted molar refractivity (Wildman–Crippen MR) is 130 cm³/mol. The lowest BCUT2D eigenvalue weighted by molar-refractivity contribution is 0.0930. The SMILES string of the molecule is CCC(NC)NC(=O)c1cccc(-c2cc(-c3ccc(N4CCN(C)CC4)cc3)[nH]n2)c1. The molecule has 1 aromatic heterocycles. The molecule has 7 heteroatoms. The van der Waals surface area contributed by atoms with Gasteiger partial charge < -0.3 is 20.4 Å². The van der Waals surface area contributed by atoms with Crippen LogP contribution in [0, 0.1) is 0 Å². The van der Waals surface area contributed by atoms with Gasteiger partial charge in [0.1, 0.15) is 0 Å². The third-order valence-corrected chi connectivity index (χ3v) is 6.11. The average molecular weight is 433 g/mol.